The molecule has 1 aliphatic heterocycles. The molecule has 2 N–H and O–H groups in total. The lowest BCUT2D eigenvalue weighted by atomic mass is 9.94. The third-order valence-corrected chi connectivity index (χ3v) is 6.10. The zero-order valence-electron chi connectivity index (χ0n) is 17.3. The molecule has 0 radical (unpaired) electrons. The van der Waals surface area contributed by atoms with E-state index < -0.39 is 17.5 Å². The number of fused-ring (bicyclic) bond motifs is 1. The Kier molecular flexibility index (Phi) is 5.05. The first-order chi connectivity index (χ1) is 14.5. The van der Waals surface area contributed by atoms with Crippen molar-refractivity contribution in [2.24, 2.45) is 5.41 Å². The van der Waals surface area contributed by atoms with Gasteiger partial charge in [-0.3, -0.25) is 9.59 Å². The summed E-state index contributed by atoms with van der Waals surface area (Å²) in [6.45, 7) is 2.34. The van der Waals surface area contributed by atoms with Crippen molar-refractivity contribution in [1.29, 1.82) is 0 Å². The van der Waals surface area contributed by atoms with Gasteiger partial charge < -0.3 is 24.6 Å². The van der Waals surface area contributed by atoms with E-state index in [0.717, 1.165) is 16.7 Å². The van der Waals surface area contributed by atoms with Crippen LogP contribution in [0.1, 0.15) is 42.1 Å². The van der Waals surface area contributed by atoms with Crippen LogP contribution in [0, 0.1) is 5.41 Å². The van der Waals surface area contributed by atoms with Gasteiger partial charge in [-0.1, -0.05) is 19.1 Å². The monoisotopic (exact) mass is 411 g/mol. The van der Waals surface area contributed by atoms with Gasteiger partial charge in [0.1, 0.15) is 11.5 Å². The number of benzene rings is 2. The minimum absolute atomic E-state index is 0.107. The van der Waals surface area contributed by atoms with Gasteiger partial charge in [0, 0.05) is 17.7 Å². The molecule has 1 unspecified atom stereocenters. The summed E-state index contributed by atoms with van der Waals surface area (Å²) in [7, 11) is 3.07. The summed E-state index contributed by atoms with van der Waals surface area (Å²) >= 11 is 0. The summed E-state index contributed by atoms with van der Waals surface area (Å²) in [5, 5.41) is 12.6. The van der Waals surface area contributed by atoms with Gasteiger partial charge in [0.15, 0.2) is 11.5 Å². The Balaban J connectivity index is 1.87. The van der Waals surface area contributed by atoms with E-state index in [-0.39, 0.29) is 5.91 Å². The number of rotatable bonds is 8. The highest BCUT2D eigenvalue weighted by Crippen LogP contribution is 2.54. The third-order valence-electron chi connectivity index (χ3n) is 6.10. The molecule has 158 valence electrons. The molecule has 1 saturated carbocycles. The standard InChI is InChI=1S/C23H25NO6/c1-4-18(23(10-11-23)22(26)27)30-19-14(8-9-17(28-2)20(19)29-3)13-6-5-7-15-16(13)12-24-21(15)25/h5-9,18H,4,10-12H2,1-3H3,(H,24,25)(H,26,27). The van der Waals surface area contributed by atoms with Crippen LogP contribution in [0.15, 0.2) is 30.3 Å². The van der Waals surface area contributed by atoms with Crippen molar-refractivity contribution in [3.63, 3.8) is 0 Å². The first-order valence-electron chi connectivity index (χ1n) is 10.0. The van der Waals surface area contributed by atoms with Crippen molar-refractivity contribution in [3.05, 3.63) is 41.5 Å². The van der Waals surface area contributed by atoms with E-state index in [2.05, 4.69) is 5.32 Å². The number of aliphatic carboxylic acids is 1. The minimum atomic E-state index is -0.879. The van der Waals surface area contributed by atoms with Crippen molar-refractivity contribution in [3.8, 4) is 28.4 Å². The molecule has 30 heavy (non-hydrogen) atoms. The maximum Gasteiger partial charge on any atom is 0.313 e. The van der Waals surface area contributed by atoms with E-state index in [9.17, 15) is 14.7 Å². The molecule has 7 heteroatoms. The molecule has 1 heterocycles. The predicted octanol–water partition coefficient (Wildman–Crippen LogP) is 3.64. The Labute approximate surface area is 174 Å². The van der Waals surface area contributed by atoms with Gasteiger partial charge in [-0.25, -0.2) is 0 Å². The second-order valence-electron chi connectivity index (χ2n) is 7.67. The lowest BCUT2D eigenvalue weighted by molar-refractivity contribution is -0.147. The number of carboxylic acid groups (broad SMARTS) is 1. The Bertz CT molecular complexity index is 1010. The lowest BCUT2D eigenvalue weighted by Gasteiger charge is -2.27. The summed E-state index contributed by atoms with van der Waals surface area (Å²) in [6, 6.07) is 9.20. The van der Waals surface area contributed by atoms with Crippen LogP contribution in [0.3, 0.4) is 0 Å². The highest BCUT2D eigenvalue weighted by atomic mass is 16.5. The van der Waals surface area contributed by atoms with Crippen molar-refractivity contribution in [1.82, 2.24) is 5.32 Å². The molecule has 4 rings (SSSR count). The molecule has 2 aromatic rings. The van der Waals surface area contributed by atoms with Crippen LogP contribution in [0.5, 0.6) is 17.2 Å². The molecule has 2 aromatic carbocycles. The SMILES string of the molecule is CCC(Oc1c(-c2cccc3c2CNC3=O)ccc(OC)c1OC)C1(C(=O)O)CC1. The number of carbonyl (C=O) groups excluding carboxylic acids is 1. The Hall–Kier alpha value is -3.22. The molecule has 1 fully saturated rings. The molecule has 2 aliphatic rings. The quantitative estimate of drug-likeness (QED) is 0.689. The average Bonchev–Trinajstić information content (AvgIpc) is 3.49. The van der Waals surface area contributed by atoms with Gasteiger partial charge in [0.25, 0.3) is 5.91 Å². The lowest BCUT2D eigenvalue weighted by Crippen LogP contribution is -2.34. The fourth-order valence-corrected chi connectivity index (χ4v) is 4.27. The maximum absolute atomic E-state index is 12.1. The van der Waals surface area contributed by atoms with Crippen molar-refractivity contribution in [2.45, 2.75) is 38.8 Å². The molecule has 0 spiro atoms. The molecule has 7 nitrogen and oxygen atoms in total. The number of hydrogen-bond acceptors (Lipinski definition) is 5. The zero-order chi connectivity index (χ0) is 21.5. The zero-order valence-corrected chi connectivity index (χ0v) is 17.3. The molecule has 1 amide bonds. The molecular weight excluding hydrogens is 386 g/mol. The summed E-state index contributed by atoms with van der Waals surface area (Å²) in [5.41, 5.74) is 2.21. The fraction of sp³-hybridized carbons (Fsp3) is 0.391. The van der Waals surface area contributed by atoms with Gasteiger partial charge in [0.2, 0.25) is 5.75 Å². The van der Waals surface area contributed by atoms with E-state index in [1.165, 1.54) is 7.11 Å². The normalized spacial score (nSPS) is 17.0. The Morgan fingerprint density at radius 2 is 1.83 bits per heavy atom. The first-order valence-corrected chi connectivity index (χ1v) is 10.0. The van der Waals surface area contributed by atoms with E-state index in [0.29, 0.717) is 48.6 Å². The van der Waals surface area contributed by atoms with Crippen LogP contribution in [0.25, 0.3) is 11.1 Å². The van der Waals surface area contributed by atoms with Gasteiger partial charge >= 0.3 is 5.97 Å². The molecule has 0 saturated heterocycles. The summed E-state index contributed by atoms with van der Waals surface area (Å²) in [4.78, 5) is 24.1. The molecule has 0 bridgehead atoms. The van der Waals surface area contributed by atoms with Gasteiger partial charge in [-0.2, -0.15) is 0 Å². The number of methoxy groups -OCH3 is 2. The third kappa shape index (κ3) is 3.05. The number of hydrogen-bond donors (Lipinski definition) is 2. The van der Waals surface area contributed by atoms with E-state index >= 15 is 0 Å². The molecule has 0 aromatic heterocycles. The van der Waals surface area contributed by atoms with Gasteiger partial charge in [-0.05, 0) is 48.6 Å². The average molecular weight is 411 g/mol. The van der Waals surface area contributed by atoms with Crippen molar-refractivity contribution >= 4 is 11.9 Å². The van der Waals surface area contributed by atoms with Crippen LogP contribution in [-0.4, -0.2) is 37.3 Å². The van der Waals surface area contributed by atoms with Gasteiger partial charge in [0.05, 0.1) is 14.2 Å². The number of carbonyl (C=O) groups is 2. The van der Waals surface area contributed by atoms with Crippen LogP contribution in [0.2, 0.25) is 0 Å². The highest BCUT2D eigenvalue weighted by Gasteiger charge is 2.57. The summed E-state index contributed by atoms with van der Waals surface area (Å²) in [5.74, 6) is 0.388. The Morgan fingerprint density at radius 3 is 2.43 bits per heavy atom. The largest absolute Gasteiger partial charge is 0.493 e. The highest BCUT2D eigenvalue weighted by molar-refractivity contribution is 6.01. The summed E-state index contributed by atoms with van der Waals surface area (Å²) in [6.07, 6.45) is 1.20. The second-order valence-corrected chi connectivity index (χ2v) is 7.67. The fourth-order valence-electron chi connectivity index (χ4n) is 4.27. The first kappa shape index (κ1) is 20.1. The van der Waals surface area contributed by atoms with E-state index in [4.69, 9.17) is 14.2 Å². The predicted molar refractivity (Wildman–Crippen MR) is 110 cm³/mol. The van der Waals surface area contributed by atoms with Gasteiger partial charge in [-0.15, -0.1) is 0 Å². The number of amides is 1. The minimum Gasteiger partial charge on any atom is -0.493 e. The number of carboxylic acids is 1. The smallest absolute Gasteiger partial charge is 0.313 e. The van der Waals surface area contributed by atoms with Crippen LogP contribution >= 0.6 is 0 Å². The Morgan fingerprint density at radius 1 is 1.10 bits per heavy atom. The number of ether oxygens (including phenoxy) is 3. The van der Waals surface area contributed by atoms with Crippen molar-refractivity contribution < 1.29 is 28.9 Å². The topological polar surface area (TPSA) is 94.1 Å². The number of nitrogens with one attached hydrogen (secondary N) is 1. The maximum atomic E-state index is 12.1. The second kappa shape index (κ2) is 7.55. The molecule has 1 atom stereocenters. The van der Waals surface area contributed by atoms with E-state index in [1.807, 2.05) is 25.1 Å². The molecule has 1 aliphatic carbocycles. The van der Waals surface area contributed by atoms with E-state index in [1.54, 1.807) is 19.2 Å². The van der Waals surface area contributed by atoms with Crippen LogP contribution in [-0.2, 0) is 11.3 Å². The summed E-state index contributed by atoms with van der Waals surface area (Å²) < 4.78 is 17.5. The van der Waals surface area contributed by atoms with Crippen LogP contribution < -0.4 is 19.5 Å². The van der Waals surface area contributed by atoms with Crippen LogP contribution in [0.4, 0.5) is 0 Å². The molecular formula is C23H25NO6. The van der Waals surface area contributed by atoms with Crippen molar-refractivity contribution in [2.75, 3.05) is 14.2 Å².